The first-order valence-corrected chi connectivity index (χ1v) is 8.56. The maximum absolute atomic E-state index is 12.1. The number of hydrogen-bond acceptors (Lipinski definition) is 4. The van der Waals surface area contributed by atoms with Crippen molar-refractivity contribution in [2.45, 2.75) is 6.92 Å². The average Bonchev–Trinajstić information content (AvgIpc) is 3.06. The molecule has 0 fully saturated rings. The van der Waals surface area contributed by atoms with E-state index < -0.39 is 0 Å². The number of hydrogen-bond donors (Lipinski definition) is 1. The van der Waals surface area contributed by atoms with Crippen molar-refractivity contribution in [2.75, 3.05) is 5.32 Å². The number of amides is 1. The number of nitrogens with zero attached hydrogens (tertiary/aromatic N) is 1. The fourth-order valence-electron chi connectivity index (χ4n) is 2.29. The minimum absolute atomic E-state index is 0.0725. The minimum atomic E-state index is -0.285. The second kappa shape index (κ2) is 7.68. The van der Waals surface area contributed by atoms with E-state index in [2.05, 4.69) is 10.3 Å². The zero-order valence-corrected chi connectivity index (χ0v) is 14.4. The van der Waals surface area contributed by atoms with Crippen LogP contribution in [0.1, 0.15) is 22.2 Å². The molecule has 0 spiro atoms. The van der Waals surface area contributed by atoms with Crippen molar-refractivity contribution < 1.29 is 9.59 Å². The highest BCUT2D eigenvalue weighted by Gasteiger charge is 2.17. The van der Waals surface area contributed by atoms with Gasteiger partial charge in [0, 0.05) is 18.6 Å². The van der Waals surface area contributed by atoms with Crippen LogP contribution in [0, 0.1) is 0 Å². The molecule has 124 valence electrons. The molecule has 1 amide bonds. The van der Waals surface area contributed by atoms with Crippen LogP contribution in [0.2, 0.25) is 0 Å². The third-order valence-corrected chi connectivity index (χ3v) is 4.52. The van der Waals surface area contributed by atoms with Gasteiger partial charge in [-0.1, -0.05) is 72.0 Å². The van der Waals surface area contributed by atoms with E-state index >= 15 is 0 Å². The van der Waals surface area contributed by atoms with E-state index in [0.29, 0.717) is 15.7 Å². The molecule has 25 heavy (non-hydrogen) atoms. The van der Waals surface area contributed by atoms with Crippen LogP contribution >= 0.6 is 11.3 Å². The van der Waals surface area contributed by atoms with E-state index in [1.165, 1.54) is 24.3 Å². The number of carbonyl (C=O) groups excluding carboxylic acids is 2. The molecule has 0 aliphatic rings. The number of rotatable bonds is 5. The predicted molar refractivity (Wildman–Crippen MR) is 102 cm³/mol. The highest BCUT2D eigenvalue weighted by Crippen LogP contribution is 2.31. The van der Waals surface area contributed by atoms with Crippen LogP contribution in [0.3, 0.4) is 0 Å². The van der Waals surface area contributed by atoms with Gasteiger partial charge in [0.2, 0.25) is 5.91 Å². The Balaban J connectivity index is 1.80. The fourth-order valence-corrected chi connectivity index (χ4v) is 3.17. The molecule has 0 aliphatic carbocycles. The normalized spacial score (nSPS) is 10.8. The number of ketones is 1. The molecule has 0 unspecified atom stereocenters. The van der Waals surface area contributed by atoms with Gasteiger partial charge in [0.25, 0.3) is 0 Å². The van der Waals surface area contributed by atoms with Gasteiger partial charge in [0.15, 0.2) is 10.9 Å². The molecule has 5 heteroatoms. The summed E-state index contributed by atoms with van der Waals surface area (Å²) < 4.78 is 0. The molecule has 0 saturated heterocycles. The molecular formula is C20H16N2O2S. The molecule has 1 N–H and O–H groups in total. The van der Waals surface area contributed by atoms with Gasteiger partial charge in [0.05, 0.1) is 10.6 Å². The molecule has 0 atom stereocenters. The van der Waals surface area contributed by atoms with E-state index in [9.17, 15) is 9.59 Å². The monoisotopic (exact) mass is 348 g/mol. The molecule has 0 bridgehead atoms. The zero-order valence-electron chi connectivity index (χ0n) is 13.6. The molecule has 0 aliphatic heterocycles. The number of benzene rings is 2. The number of Topliss-reactive ketones (excluding diaryl/α,β-unsaturated/α-hetero) is 1. The van der Waals surface area contributed by atoms with Gasteiger partial charge in [-0.25, -0.2) is 4.98 Å². The first-order chi connectivity index (χ1) is 12.1. The first-order valence-electron chi connectivity index (χ1n) is 7.75. The van der Waals surface area contributed by atoms with Gasteiger partial charge < -0.3 is 0 Å². The van der Waals surface area contributed by atoms with Crippen LogP contribution in [-0.4, -0.2) is 16.7 Å². The van der Waals surface area contributed by atoms with Crippen LogP contribution in [0.25, 0.3) is 17.3 Å². The van der Waals surface area contributed by atoms with Crippen molar-refractivity contribution in [2.24, 2.45) is 0 Å². The molecule has 0 radical (unpaired) electrons. The van der Waals surface area contributed by atoms with Gasteiger partial charge in [0.1, 0.15) is 0 Å². The smallest absolute Gasteiger partial charge is 0.250 e. The Hall–Kier alpha value is -3.05. The van der Waals surface area contributed by atoms with Crippen LogP contribution in [0.4, 0.5) is 5.13 Å². The Kier molecular flexibility index (Phi) is 5.16. The van der Waals surface area contributed by atoms with Gasteiger partial charge in [-0.05, 0) is 11.6 Å². The summed E-state index contributed by atoms with van der Waals surface area (Å²) in [7, 11) is 0. The molecule has 3 aromatic rings. The molecule has 2 aromatic carbocycles. The number of thiazole rings is 1. The van der Waals surface area contributed by atoms with Crippen LogP contribution < -0.4 is 5.32 Å². The SMILES string of the molecule is CC(=O)c1sc(NC(=O)C=Cc2ccccc2)nc1-c1ccccc1. The molecule has 3 rings (SSSR count). The van der Waals surface area contributed by atoms with Crippen LogP contribution in [0.5, 0.6) is 0 Å². The molecule has 1 heterocycles. The lowest BCUT2D eigenvalue weighted by atomic mass is 10.1. The lowest BCUT2D eigenvalue weighted by Crippen LogP contribution is -2.07. The summed E-state index contributed by atoms with van der Waals surface area (Å²) in [5, 5.41) is 3.14. The first kappa shape index (κ1) is 16.8. The summed E-state index contributed by atoms with van der Waals surface area (Å²) in [6.07, 6.45) is 3.18. The summed E-state index contributed by atoms with van der Waals surface area (Å²) in [6, 6.07) is 19.0. The quantitative estimate of drug-likeness (QED) is 0.539. The van der Waals surface area contributed by atoms with E-state index in [1.807, 2.05) is 60.7 Å². The summed E-state index contributed by atoms with van der Waals surface area (Å²) in [5.41, 5.74) is 2.39. The van der Waals surface area contributed by atoms with Gasteiger partial charge in [-0.2, -0.15) is 0 Å². The van der Waals surface area contributed by atoms with E-state index in [-0.39, 0.29) is 11.7 Å². The van der Waals surface area contributed by atoms with Crippen molar-refractivity contribution >= 4 is 34.2 Å². The molecule has 1 aromatic heterocycles. The second-order valence-electron chi connectivity index (χ2n) is 5.35. The number of aromatic nitrogens is 1. The maximum atomic E-state index is 12.1. The number of nitrogens with one attached hydrogen (secondary N) is 1. The summed E-state index contributed by atoms with van der Waals surface area (Å²) in [6.45, 7) is 1.50. The topological polar surface area (TPSA) is 59.1 Å². The average molecular weight is 348 g/mol. The maximum Gasteiger partial charge on any atom is 0.250 e. The highest BCUT2D eigenvalue weighted by atomic mass is 32.1. The third-order valence-electron chi connectivity index (χ3n) is 3.45. The van der Waals surface area contributed by atoms with Crippen molar-refractivity contribution in [1.82, 2.24) is 4.98 Å². The van der Waals surface area contributed by atoms with Crippen molar-refractivity contribution in [1.29, 1.82) is 0 Å². The Bertz CT molecular complexity index is 915. The largest absolute Gasteiger partial charge is 0.298 e. The predicted octanol–water partition coefficient (Wildman–Crippen LogP) is 4.66. The van der Waals surface area contributed by atoms with Crippen molar-refractivity contribution in [3.63, 3.8) is 0 Å². The lowest BCUT2D eigenvalue weighted by Gasteiger charge is -1.98. The van der Waals surface area contributed by atoms with E-state index in [4.69, 9.17) is 0 Å². The molecular weight excluding hydrogens is 332 g/mol. The van der Waals surface area contributed by atoms with Gasteiger partial charge in [-0.3, -0.25) is 14.9 Å². The van der Waals surface area contributed by atoms with Gasteiger partial charge >= 0.3 is 0 Å². The van der Waals surface area contributed by atoms with E-state index in [1.54, 1.807) is 6.08 Å². The Labute approximate surface area is 149 Å². The highest BCUT2D eigenvalue weighted by molar-refractivity contribution is 7.18. The third kappa shape index (κ3) is 4.28. The number of carbonyl (C=O) groups is 2. The zero-order chi connectivity index (χ0) is 17.6. The minimum Gasteiger partial charge on any atom is -0.298 e. The number of anilines is 1. The Morgan fingerprint density at radius 1 is 1.00 bits per heavy atom. The summed E-state index contributed by atoms with van der Waals surface area (Å²) in [4.78, 5) is 29.0. The molecule has 0 saturated carbocycles. The standard InChI is InChI=1S/C20H16N2O2S/c1-14(23)19-18(16-10-6-3-7-11-16)22-20(25-19)21-17(24)13-12-15-8-4-2-5-9-15/h2-13H,1H3,(H,21,22,24). The Morgan fingerprint density at radius 2 is 1.64 bits per heavy atom. The molecule has 4 nitrogen and oxygen atoms in total. The summed E-state index contributed by atoms with van der Waals surface area (Å²) in [5.74, 6) is -0.357. The van der Waals surface area contributed by atoms with Gasteiger partial charge in [-0.15, -0.1) is 0 Å². The Morgan fingerprint density at radius 3 is 2.28 bits per heavy atom. The fraction of sp³-hybridized carbons (Fsp3) is 0.0500. The van der Waals surface area contributed by atoms with Crippen molar-refractivity contribution in [3.05, 3.63) is 77.2 Å². The van der Waals surface area contributed by atoms with Crippen LogP contribution in [-0.2, 0) is 4.79 Å². The second-order valence-corrected chi connectivity index (χ2v) is 6.35. The summed E-state index contributed by atoms with van der Waals surface area (Å²) >= 11 is 1.19. The van der Waals surface area contributed by atoms with E-state index in [0.717, 1.165) is 11.1 Å². The lowest BCUT2D eigenvalue weighted by molar-refractivity contribution is -0.111. The van der Waals surface area contributed by atoms with Crippen LogP contribution in [0.15, 0.2) is 66.7 Å². The van der Waals surface area contributed by atoms with Crippen molar-refractivity contribution in [3.8, 4) is 11.3 Å².